The van der Waals surface area contributed by atoms with Gasteiger partial charge in [0, 0.05) is 25.7 Å². The number of aryl methyl sites for hydroxylation is 1. The predicted molar refractivity (Wildman–Crippen MR) is 64.1 cm³/mol. The average molecular weight is 222 g/mol. The van der Waals surface area contributed by atoms with Crippen molar-refractivity contribution in [3.05, 3.63) is 11.9 Å². The summed E-state index contributed by atoms with van der Waals surface area (Å²) in [5, 5.41) is 11.6. The van der Waals surface area contributed by atoms with E-state index >= 15 is 0 Å². The zero-order valence-corrected chi connectivity index (χ0v) is 10.3. The molecule has 2 rings (SSSR count). The molecule has 0 aliphatic heterocycles. The number of nitrogens with one attached hydrogen (secondary N) is 1. The monoisotopic (exact) mass is 222 g/mol. The highest BCUT2D eigenvalue weighted by molar-refractivity contribution is 4.97. The van der Waals surface area contributed by atoms with Crippen molar-refractivity contribution >= 4 is 0 Å². The van der Waals surface area contributed by atoms with Gasteiger partial charge in [-0.15, -0.1) is 5.10 Å². The summed E-state index contributed by atoms with van der Waals surface area (Å²) in [4.78, 5) is 0. The second kappa shape index (κ2) is 5.43. The third-order valence-electron chi connectivity index (χ3n) is 3.67. The third-order valence-corrected chi connectivity index (χ3v) is 3.67. The van der Waals surface area contributed by atoms with Gasteiger partial charge in [-0.1, -0.05) is 24.5 Å². The van der Waals surface area contributed by atoms with Crippen LogP contribution in [-0.2, 0) is 13.5 Å². The van der Waals surface area contributed by atoms with E-state index in [1.807, 2.05) is 13.2 Å². The normalized spacial score (nSPS) is 19.9. The molecule has 1 unspecified atom stereocenters. The number of hydrogen-bond acceptors (Lipinski definition) is 3. The van der Waals surface area contributed by atoms with Crippen molar-refractivity contribution in [2.24, 2.45) is 13.0 Å². The maximum Gasteiger partial charge on any atom is 0.0842 e. The van der Waals surface area contributed by atoms with Crippen LogP contribution >= 0.6 is 0 Å². The smallest absolute Gasteiger partial charge is 0.0842 e. The van der Waals surface area contributed by atoms with E-state index in [4.69, 9.17) is 0 Å². The summed E-state index contributed by atoms with van der Waals surface area (Å²) in [5.41, 5.74) is 1.10. The molecular weight excluding hydrogens is 200 g/mol. The molecule has 1 N–H and O–H groups in total. The molecule has 0 amide bonds. The Morgan fingerprint density at radius 3 is 2.75 bits per heavy atom. The largest absolute Gasteiger partial charge is 0.316 e. The molecule has 1 aliphatic carbocycles. The molecule has 0 aromatic carbocycles. The fourth-order valence-electron chi connectivity index (χ4n) is 2.76. The molecule has 1 heterocycles. The van der Waals surface area contributed by atoms with Crippen LogP contribution in [0.15, 0.2) is 6.20 Å². The van der Waals surface area contributed by atoms with Gasteiger partial charge in [0.25, 0.3) is 0 Å². The lowest BCUT2D eigenvalue weighted by atomic mass is 9.82. The molecule has 0 saturated heterocycles. The van der Waals surface area contributed by atoms with Crippen molar-refractivity contribution in [1.29, 1.82) is 0 Å². The van der Waals surface area contributed by atoms with E-state index in [1.165, 1.54) is 32.1 Å². The third kappa shape index (κ3) is 2.82. The van der Waals surface area contributed by atoms with Gasteiger partial charge >= 0.3 is 0 Å². The molecule has 1 aromatic heterocycles. The number of likely N-dealkylation sites (N-methyl/N-ethyl adjacent to an activating group) is 1. The van der Waals surface area contributed by atoms with Crippen LogP contribution in [0.2, 0.25) is 0 Å². The van der Waals surface area contributed by atoms with E-state index in [1.54, 1.807) is 4.68 Å². The Hall–Kier alpha value is -0.900. The van der Waals surface area contributed by atoms with Crippen LogP contribution < -0.4 is 5.32 Å². The minimum atomic E-state index is 0.567. The van der Waals surface area contributed by atoms with Crippen molar-refractivity contribution in [3.8, 4) is 0 Å². The zero-order chi connectivity index (χ0) is 11.4. The Kier molecular flexibility index (Phi) is 3.93. The van der Waals surface area contributed by atoms with Gasteiger partial charge in [0.05, 0.1) is 5.69 Å². The van der Waals surface area contributed by atoms with Gasteiger partial charge in [0.1, 0.15) is 0 Å². The van der Waals surface area contributed by atoms with Crippen molar-refractivity contribution in [3.63, 3.8) is 0 Å². The van der Waals surface area contributed by atoms with Crippen molar-refractivity contribution in [2.75, 3.05) is 7.05 Å². The summed E-state index contributed by atoms with van der Waals surface area (Å²) in [7, 11) is 3.99. The number of rotatable bonds is 4. The van der Waals surface area contributed by atoms with Crippen molar-refractivity contribution in [1.82, 2.24) is 20.3 Å². The highest BCUT2D eigenvalue weighted by Crippen LogP contribution is 2.27. The second-order valence-electron chi connectivity index (χ2n) is 4.88. The van der Waals surface area contributed by atoms with Gasteiger partial charge in [-0.2, -0.15) is 0 Å². The molecule has 1 aromatic rings. The topological polar surface area (TPSA) is 42.7 Å². The molecule has 1 aliphatic rings. The molecule has 1 atom stereocenters. The lowest BCUT2D eigenvalue weighted by molar-refractivity contribution is 0.275. The minimum absolute atomic E-state index is 0.567. The fourth-order valence-corrected chi connectivity index (χ4v) is 2.76. The molecule has 16 heavy (non-hydrogen) atoms. The Morgan fingerprint density at radius 1 is 1.44 bits per heavy atom. The Morgan fingerprint density at radius 2 is 2.19 bits per heavy atom. The molecular formula is C12H22N4. The Labute approximate surface area is 97.4 Å². The molecule has 0 bridgehead atoms. The summed E-state index contributed by atoms with van der Waals surface area (Å²) in [6.07, 6.45) is 9.96. The standard InChI is InChI=1S/C12H22N4/c1-13-12(10-6-4-3-5-7-10)8-11-9-16(2)15-14-11/h9-10,12-13H,3-8H2,1-2H3. The molecule has 0 radical (unpaired) electrons. The van der Waals surface area contributed by atoms with Crippen LogP contribution in [0.5, 0.6) is 0 Å². The minimum Gasteiger partial charge on any atom is -0.316 e. The summed E-state index contributed by atoms with van der Waals surface area (Å²) in [6, 6.07) is 0.567. The molecule has 4 nitrogen and oxygen atoms in total. The lowest BCUT2D eigenvalue weighted by Crippen LogP contribution is -2.36. The summed E-state index contributed by atoms with van der Waals surface area (Å²) >= 11 is 0. The summed E-state index contributed by atoms with van der Waals surface area (Å²) < 4.78 is 1.78. The van der Waals surface area contributed by atoms with Crippen LogP contribution in [0, 0.1) is 5.92 Å². The van der Waals surface area contributed by atoms with Crippen LogP contribution in [-0.4, -0.2) is 28.1 Å². The van der Waals surface area contributed by atoms with E-state index in [0.29, 0.717) is 6.04 Å². The van der Waals surface area contributed by atoms with Gasteiger partial charge in [0.15, 0.2) is 0 Å². The van der Waals surface area contributed by atoms with E-state index in [2.05, 4.69) is 22.7 Å². The van der Waals surface area contributed by atoms with Crippen LogP contribution in [0.1, 0.15) is 37.8 Å². The maximum atomic E-state index is 4.17. The molecule has 1 fully saturated rings. The number of hydrogen-bond donors (Lipinski definition) is 1. The lowest BCUT2D eigenvalue weighted by Gasteiger charge is -2.29. The molecule has 90 valence electrons. The summed E-state index contributed by atoms with van der Waals surface area (Å²) in [6.45, 7) is 0. The Balaban J connectivity index is 1.94. The van der Waals surface area contributed by atoms with E-state index in [0.717, 1.165) is 18.0 Å². The number of nitrogens with zero attached hydrogens (tertiary/aromatic N) is 3. The fraction of sp³-hybridized carbons (Fsp3) is 0.833. The van der Waals surface area contributed by atoms with Gasteiger partial charge in [-0.05, 0) is 25.8 Å². The first-order valence-electron chi connectivity index (χ1n) is 6.32. The first-order chi connectivity index (χ1) is 7.79. The van der Waals surface area contributed by atoms with Crippen LogP contribution in [0.3, 0.4) is 0 Å². The first kappa shape index (κ1) is 11.6. The van der Waals surface area contributed by atoms with Crippen LogP contribution in [0.4, 0.5) is 0 Å². The Bertz CT molecular complexity index is 315. The van der Waals surface area contributed by atoms with Gasteiger partial charge in [-0.3, -0.25) is 4.68 Å². The van der Waals surface area contributed by atoms with E-state index in [9.17, 15) is 0 Å². The highest BCUT2D eigenvalue weighted by Gasteiger charge is 2.23. The van der Waals surface area contributed by atoms with E-state index < -0.39 is 0 Å². The van der Waals surface area contributed by atoms with Gasteiger partial charge in [0.2, 0.25) is 0 Å². The predicted octanol–water partition coefficient (Wildman–Crippen LogP) is 1.53. The first-order valence-corrected chi connectivity index (χ1v) is 6.32. The maximum absolute atomic E-state index is 4.17. The molecule has 4 heteroatoms. The SMILES string of the molecule is CNC(Cc1cn(C)nn1)C1CCCCC1. The highest BCUT2D eigenvalue weighted by atomic mass is 15.4. The second-order valence-corrected chi connectivity index (χ2v) is 4.88. The number of aromatic nitrogens is 3. The van der Waals surface area contributed by atoms with Crippen molar-refractivity contribution < 1.29 is 0 Å². The molecule has 1 saturated carbocycles. The quantitative estimate of drug-likeness (QED) is 0.840. The average Bonchev–Trinajstić information content (AvgIpc) is 2.73. The van der Waals surface area contributed by atoms with Gasteiger partial charge < -0.3 is 5.32 Å². The zero-order valence-electron chi connectivity index (χ0n) is 10.3. The molecule has 0 spiro atoms. The van der Waals surface area contributed by atoms with Crippen LogP contribution in [0.25, 0.3) is 0 Å². The van der Waals surface area contributed by atoms with Gasteiger partial charge in [-0.25, -0.2) is 0 Å². The van der Waals surface area contributed by atoms with E-state index in [-0.39, 0.29) is 0 Å². The summed E-state index contributed by atoms with van der Waals surface area (Å²) in [5.74, 6) is 0.820. The van der Waals surface area contributed by atoms with Crippen molar-refractivity contribution in [2.45, 2.75) is 44.6 Å².